The molecule has 0 saturated carbocycles. The fourth-order valence-electron chi connectivity index (χ4n) is 1.30. The Morgan fingerprint density at radius 3 is 2.58 bits per heavy atom. The van der Waals surface area contributed by atoms with E-state index in [-0.39, 0.29) is 5.82 Å². The van der Waals surface area contributed by atoms with Crippen LogP contribution in [-0.4, -0.2) is 4.55 Å². The van der Waals surface area contributed by atoms with Crippen LogP contribution < -0.4 is 0 Å². The highest BCUT2D eigenvalue weighted by molar-refractivity contribution is 9.10. The van der Waals surface area contributed by atoms with Gasteiger partial charge < -0.3 is 4.55 Å². The molecule has 4 heteroatoms. The van der Waals surface area contributed by atoms with Gasteiger partial charge in [-0.05, 0) is 39.2 Å². The minimum atomic E-state index is -0.823. The van der Waals surface area contributed by atoms with Crippen LogP contribution in [-0.2, 0) is 22.7 Å². The second-order valence-corrected chi connectivity index (χ2v) is 5.07. The average molecular weight is 249 g/mol. The van der Waals surface area contributed by atoms with Crippen LogP contribution in [0.3, 0.4) is 0 Å². The Balaban J connectivity index is 2.48. The fraction of sp³-hybridized carbons (Fsp3) is 0.250. The first kappa shape index (κ1) is 8.53. The number of benzene rings is 1. The van der Waals surface area contributed by atoms with Gasteiger partial charge >= 0.3 is 0 Å². The molecule has 1 aromatic rings. The first-order valence-corrected chi connectivity index (χ1v) is 5.76. The molecule has 12 heavy (non-hydrogen) atoms. The van der Waals surface area contributed by atoms with E-state index in [2.05, 4.69) is 15.9 Å². The molecule has 0 aliphatic carbocycles. The van der Waals surface area contributed by atoms with Crippen LogP contribution in [0.1, 0.15) is 11.1 Å². The van der Waals surface area contributed by atoms with Crippen LogP contribution in [0.5, 0.6) is 0 Å². The quantitative estimate of drug-likeness (QED) is 0.647. The first-order chi connectivity index (χ1) is 5.66. The van der Waals surface area contributed by atoms with Gasteiger partial charge in [-0.25, -0.2) is 4.39 Å². The predicted molar refractivity (Wildman–Crippen MR) is 49.7 cm³/mol. The van der Waals surface area contributed by atoms with Crippen molar-refractivity contribution in [2.24, 2.45) is 0 Å². The molecule has 1 heterocycles. The van der Waals surface area contributed by atoms with E-state index in [1.165, 1.54) is 6.07 Å². The van der Waals surface area contributed by atoms with Gasteiger partial charge in [-0.15, -0.1) is 0 Å². The molecule has 0 aromatic heterocycles. The van der Waals surface area contributed by atoms with Gasteiger partial charge in [0.25, 0.3) is 0 Å². The molecular formula is C8H6BrFOS. The lowest BCUT2D eigenvalue weighted by atomic mass is 10.1. The van der Waals surface area contributed by atoms with Crippen molar-refractivity contribution in [3.63, 3.8) is 0 Å². The Bertz CT molecular complexity index is 298. The third kappa shape index (κ3) is 1.39. The van der Waals surface area contributed by atoms with Crippen LogP contribution in [0.25, 0.3) is 0 Å². The van der Waals surface area contributed by atoms with Gasteiger partial charge in [-0.3, -0.25) is 0 Å². The molecule has 1 aliphatic heterocycles. The lowest BCUT2D eigenvalue weighted by molar-refractivity contribution is 0.597. The van der Waals surface area contributed by atoms with Gasteiger partial charge in [0.1, 0.15) is 17.3 Å². The van der Waals surface area contributed by atoms with Crippen molar-refractivity contribution in [2.45, 2.75) is 11.5 Å². The number of fused-ring (bicyclic) bond motifs is 1. The van der Waals surface area contributed by atoms with Crippen molar-refractivity contribution in [3.8, 4) is 0 Å². The summed E-state index contributed by atoms with van der Waals surface area (Å²) in [5.41, 5.74) is 1.88. The number of hydrogen-bond donors (Lipinski definition) is 0. The zero-order valence-electron chi connectivity index (χ0n) is 6.14. The van der Waals surface area contributed by atoms with E-state index >= 15 is 0 Å². The molecule has 0 spiro atoms. The van der Waals surface area contributed by atoms with Gasteiger partial charge in [-0.2, -0.15) is 0 Å². The third-order valence-electron chi connectivity index (χ3n) is 1.88. The summed E-state index contributed by atoms with van der Waals surface area (Å²) in [7, 11) is 0. The molecule has 0 N–H and O–H groups in total. The molecule has 0 amide bonds. The topological polar surface area (TPSA) is 23.1 Å². The highest BCUT2D eigenvalue weighted by Gasteiger charge is 2.23. The summed E-state index contributed by atoms with van der Waals surface area (Å²) in [6, 6.07) is 3.18. The van der Waals surface area contributed by atoms with Crippen LogP contribution in [0.4, 0.5) is 4.39 Å². The van der Waals surface area contributed by atoms with E-state index in [0.717, 1.165) is 11.1 Å². The van der Waals surface area contributed by atoms with E-state index < -0.39 is 11.2 Å². The Hall–Kier alpha value is -0.0600. The molecule has 1 atom stereocenters. The monoisotopic (exact) mass is 248 g/mol. The second kappa shape index (κ2) is 3.01. The molecule has 1 aromatic carbocycles. The predicted octanol–water partition coefficient (Wildman–Crippen LogP) is 2.35. The maximum absolute atomic E-state index is 13.0. The summed E-state index contributed by atoms with van der Waals surface area (Å²) in [4.78, 5) is 0. The smallest absolute Gasteiger partial charge is 0.137 e. The van der Waals surface area contributed by atoms with E-state index in [1.54, 1.807) is 6.07 Å². The van der Waals surface area contributed by atoms with Gasteiger partial charge in [0, 0.05) is 11.1 Å². The van der Waals surface area contributed by atoms with Gasteiger partial charge in [-0.1, -0.05) is 0 Å². The van der Waals surface area contributed by atoms with Crippen molar-refractivity contribution < 1.29 is 8.94 Å². The Morgan fingerprint density at radius 1 is 1.33 bits per heavy atom. The zero-order valence-corrected chi connectivity index (χ0v) is 8.54. The van der Waals surface area contributed by atoms with Gasteiger partial charge in [0.05, 0.1) is 4.47 Å². The number of hydrogen-bond acceptors (Lipinski definition) is 1. The summed E-state index contributed by atoms with van der Waals surface area (Å²) in [6.07, 6.45) is 0. The maximum atomic E-state index is 13.0. The van der Waals surface area contributed by atoms with Crippen molar-refractivity contribution in [3.05, 3.63) is 33.5 Å². The van der Waals surface area contributed by atoms with E-state index in [4.69, 9.17) is 0 Å². The molecule has 0 saturated heterocycles. The van der Waals surface area contributed by atoms with E-state index in [0.29, 0.717) is 16.0 Å². The third-order valence-corrected chi connectivity index (χ3v) is 3.75. The number of rotatable bonds is 0. The van der Waals surface area contributed by atoms with Crippen LogP contribution in [0.15, 0.2) is 16.6 Å². The van der Waals surface area contributed by atoms with E-state index in [1.807, 2.05) is 0 Å². The minimum absolute atomic E-state index is 0.271. The summed E-state index contributed by atoms with van der Waals surface area (Å²) in [6.45, 7) is 0. The van der Waals surface area contributed by atoms with E-state index in [9.17, 15) is 8.94 Å². The summed E-state index contributed by atoms with van der Waals surface area (Å²) in [5.74, 6) is 0.793. The van der Waals surface area contributed by atoms with Crippen molar-refractivity contribution in [1.82, 2.24) is 0 Å². The molecule has 2 rings (SSSR count). The number of halogens is 2. The molecule has 1 nitrogen and oxygen atoms in total. The van der Waals surface area contributed by atoms with Gasteiger partial charge in [0.2, 0.25) is 0 Å². The zero-order chi connectivity index (χ0) is 8.72. The lowest BCUT2D eigenvalue weighted by Gasteiger charge is -1.97. The van der Waals surface area contributed by atoms with Crippen LogP contribution >= 0.6 is 15.9 Å². The maximum Gasteiger partial charge on any atom is 0.137 e. The normalized spacial score (nSPS) is 21.1. The molecule has 0 fully saturated rings. The summed E-state index contributed by atoms with van der Waals surface area (Å²) >= 11 is 2.27. The summed E-state index contributed by atoms with van der Waals surface area (Å²) < 4.78 is 24.5. The molecular weight excluding hydrogens is 243 g/mol. The van der Waals surface area contributed by atoms with Crippen molar-refractivity contribution in [1.29, 1.82) is 0 Å². The van der Waals surface area contributed by atoms with Crippen molar-refractivity contribution >= 4 is 27.1 Å². The Kier molecular flexibility index (Phi) is 2.14. The molecule has 1 aliphatic rings. The fourth-order valence-corrected chi connectivity index (χ4v) is 3.02. The highest BCUT2D eigenvalue weighted by Crippen LogP contribution is 2.29. The first-order valence-electron chi connectivity index (χ1n) is 3.48. The molecule has 0 radical (unpaired) electrons. The second-order valence-electron chi connectivity index (χ2n) is 2.76. The molecule has 64 valence electrons. The van der Waals surface area contributed by atoms with Crippen LogP contribution in [0, 0.1) is 5.82 Å². The minimum Gasteiger partial charge on any atom is -0.616 e. The standard InChI is InChI=1S/C8H6BrFOS/c9-7-1-5-3-12(11)4-6(5)2-8(7)10/h1-2H,3-4H2. The Labute approximate surface area is 81.3 Å². The highest BCUT2D eigenvalue weighted by atomic mass is 79.9. The average Bonchev–Trinajstić information content (AvgIpc) is 2.30. The molecule has 1 unspecified atom stereocenters. The SMILES string of the molecule is [O-][S+]1Cc2cc(F)c(Br)cc2C1. The Morgan fingerprint density at radius 2 is 1.92 bits per heavy atom. The van der Waals surface area contributed by atoms with Crippen molar-refractivity contribution in [2.75, 3.05) is 0 Å². The summed E-state index contributed by atoms with van der Waals surface area (Å²) in [5, 5.41) is 0. The van der Waals surface area contributed by atoms with Crippen LogP contribution in [0.2, 0.25) is 0 Å². The van der Waals surface area contributed by atoms with Gasteiger partial charge in [0.15, 0.2) is 0 Å². The lowest BCUT2D eigenvalue weighted by Crippen LogP contribution is -1.95. The largest absolute Gasteiger partial charge is 0.616 e. The molecule has 0 bridgehead atoms.